The summed E-state index contributed by atoms with van der Waals surface area (Å²) in [6, 6.07) is 11.3. The molecule has 130 valence electrons. The van der Waals surface area contributed by atoms with Gasteiger partial charge in [-0.3, -0.25) is 9.59 Å². The maximum atomic E-state index is 13.4. The molecule has 3 rings (SSSR count). The highest BCUT2D eigenvalue weighted by molar-refractivity contribution is 6.39. The second-order valence-electron chi connectivity index (χ2n) is 6.00. The lowest BCUT2D eigenvalue weighted by Gasteiger charge is -2.14. The SMILES string of the molecule is COCc1cccc(NC(=O)C(=O)NC2CCc3ccc(F)cc32)c1. The van der Waals surface area contributed by atoms with Crippen molar-refractivity contribution in [1.82, 2.24) is 5.32 Å². The summed E-state index contributed by atoms with van der Waals surface area (Å²) in [5.74, 6) is -1.84. The zero-order valence-electron chi connectivity index (χ0n) is 13.8. The summed E-state index contributed by atoms with van der Waals surface area (Å²) in [6.07, 6.45) is 1.41. The largest absolute Gasteiger partial charge is 0.380 e. The molecule has 0 saturated carbocycles. The first-order valence-electron chi connectivity index (χ1n) is 8.05. The van der Waals surface area contributed by atoms with E-state index in [0.29, 0.717) is 18.7 Å². The van der Waals surface area contributed by atoms with Gasteiger partial charge in [0.05, 0.1) is 12.6 Å². The van der Waals surface area contributed by atoms with E-state index >= 15 is 0 Å². The molecule has 1 unspecified atom stereocenters. The van der Waals surface area contributed by atoms with Crippen molar-refractivity contribution in [2.75, 3.05) is 12.4 Å². The molecule has 1 aliphatic carbocycles. The molecule has 0 saturated heterocycles. The summed E-state index contributed by atoms with van der Waals surface area (Å²) in [4.78, 5) is 24.3. The topological polar surface area (TPSA) is 67.4 Å². The van der Waals surface area contributed by atoms with Crippen LogP contribution in [0.5, 0.6) is 0 Å². The van der Waals surface area contributed by atoms with Crippen LogP contribution in [-0.4, -0.2) is 18.9 Å². The van der Waals surface area contributed by atoms with Gasteiger partial charge in [0, 0.05) is 12.8 Å². The second-order valence-corrected chi connectivity index (χ2v) is 6.00. The Morgan fingerprint density at radius 3 is 2.84 bits per heavy atom. The lowest BCUT2D eigenvalue weighted by Crippen LogP contribution is -2.37. The van der Waals surface area contributed by atoms with Crippen LogP contribution in [0.25, 0.3) is 0 Å². The Kier molecular flexibility index (Phi) is 5.09. The van der Waals surface area contributed by atoms with Crippen molar-refractivity contribution in [2.24, 2.45) is 0 Å². The van der Waals surface area contributed by atoms with Gasteiger partial charge in [-0.05, 0) is 53.8 Å². The summed E-state index contributed by atoms with van der Waals surface area (Å²) in [5, 5.41) is 5.25. The van der Waals surface area contributed by atoms with Crippen molar-refractivity contribution in [3.8, 4) is 0 Å². The summed E-state index contributed by atoms with van der Waals surface area (Å²) in [6.45, 7) is 0.417. The number of amides is 2. The fourth-order valence-electron chi connectivity index (χ4n) is 3.04. The van der Waals surface area contributed by atoms with Gasteiger partial charge in [0.1, 0.15) is 5.82 Å². The van der Waals surface area contributed by atoms with E-state index in [0.717, 1.165) is 23.1 Å². The van der Waals surface area contributed by atoms with E-state index in [1.54, 1.807) is 31.4 Å². The molecule has 1 aliphatic rings. The molecule has 5 nitrogen and oxygen atoms in total. The lowest BCUT2D eigenvalue weighted by molar-refractivity contribution is -0.136. The standard InChI is InChI=1S/C19H19FN2O3/c1-25-11-12-3-2-4-15(9-12)21-18(23)19(24)22-17-8-6-13-5-7-14(20)10-16(13)17/h2-5,7,9-10,17H,6,8,11H2,1H3,(H,21,23)(H,22,24). The number of aryl methyl sites for hydroxylation is 1. The Labute approximate surface area is 145 Å². The highest BCUT2D eigenvalue weighted by atomic mass is 19.1. The second kappa shape index (κ2) is 7.44. The first-order chi connectivity index (χ1) is 12.1. The van der Waals surface area contributed by atoms with Crippen LogP contribution in [0, 0.1) is 5.82 Å². The Morgan fingerprint density at radius 2 is 2.04 bits per heavy atom. The average Bonchev–Trinajstić information content (AvgIpc) is 2.97. The van der Waals surface area contributed by atoms with Crippen LogP contribution in [0.2, 0.25) is 0 Å². The van der Waals surface area contributed by atoms with Crippen LogP contribution < -0.4 is 10.6 Å². The van der Waals surface area contributed by atoms with Crippen LogP contribution >= 0.6 is 0 Å². The van der Waals surface area contributed by atoms with Crippen molar-refractivity contribution in [1.29, 1.82) is 0 Å². The first kappa shape index (κ1) is 17.1. The van der Waals surface area contributed by atoms with Gasteiger partial charge >= 0.3 is 11.8 Å². The number of nitrogens with one attached hydrogen (secondary N) is 2. The number of rotatable bonds is 4. The number of anilines is 1. The summed E-state index contributed by atoms with van der Waals surface area (Å²) in [7, 11) is 1.58. The highest BCUT2D eigenvalue weighted by Crippen LogP contribution is 2.31. The molecule has 1 atom stereocenters. The van der Waals surface area contributed by atoms with Gasteiger partial charge in [-0.2, -0.15) is 0 Å². The molecule has 0 aromatic heterocycles. The van der Waals surface area contributed by atoms with Crippen LogP contribution in [-0.2, 0) is 27.4 Å². The Balaban J connectivity index is 1.63. The van der Waals surface area contributed by atoms with E-state index < -0.39 is 11.8 Å². The van der Waals surface area contributed by atoms with Gasteiger partial charge in [0.25, 0.3) is 0 Å². The molecule has 0 spiro atoms. The van der Waals surface area contributed by atoms with Crippen molar-refractivity contribution >= 4 is 17.5 Å². The maximum absolute atomic E-state index is 13.4. The van der Waals surface area contributed by atoms with Gasteiger partial charge < -0.3 is 15.4 Å². The molecule has 2 N–H and O–H groups in total. The predicted molar refractivity (Wildman–Crippen MR) is 91.4 cm³/mol. The maximum Gasteiger partial charge on any atom is 0.313 e. The number of hydrogen-bond acceptors (Lipinski definition) is 3. The number of halogens is 1. The molecule has 2 amide bonds. The molecular formula is C19H19FN2O3. The molecule has 6 heteroatoms. The smallest absolute Gasteiger partial charge is 0.313 e. The zero-order valence-corrected chi connectivity index (χ0v) is 13.8. The molecule has 25 heavy (non-hydrogen) atoms. The van der Waals surface area contributed by atoms with Crippen molar-refractivity contribution < 1.29 is 18.7 Å². The number of fused-ring (bicyclic) bond motifs is 1. The molecule has 0 radical (unpaired) electrons. The highest BCUT2D eigenvalue weighted by Gasteiger charge is 2.26. The number of carbonyl (C=O) groups is 2. The van der Waals surface area contributed by atoms with E-state index in [4.69, 9.17) is 4.74 Å². The average molecular weight is 342 g/mol. The fourth-order valence-corrected chi connectivity index (χ4v) is 3.04. The van der Waals surface area contributed by atoms with Gasteiger partial charge in [-0.25, -0.2) is 4.39 Å². The Morgan fingerprint density at radius 1 is 1.20 bits per heavy atom. The molecular weight excluding hydrogens is 323 g/mol. The van der Waals surface area contributed by atoms with Crippen LogP contribution in [0.3, 0.4) is 0 Å². The van der Waals surface area contributed by atoms with Crippen molar-refractivity contribution in [2.45, 2.75) is 25.5 Å². The quantitative estimate of drug-likeness (QED) is 0.840. The molecule has 0 heterocycles. The van der Waals surface area contributed by atoms with Gasteiger partial charge in [-0.1, -0.05) is 18.2 Å². The Hall–Kier alpha value is -2.73. The molecule has 2 aromatic carbocycles. The van der Waals surface area contributed by atoms with Crippen LogP contribution in [0.15, 0.2) is 42.5 Å². The van der Waals surface area contributed by atoms with Crippen LogP contribution in [0.1, 0.15) is 29.2 Å². The number of carbonyl (C=O) groups excluding carboxylic acids is 2. The van der Waals surface area contributed by atoms with E-state index in [2.05, 4.69) is 10.6 Å². The van der Waals surface area contributed by atoms with Crippen molar-refractivity contribution in [3.05, 3.63) is 65.0 Å². The normalized spacial score (nSPS) is 15.5. The zero-order chi connectivity index (χ0) is 17.8. The minimum absolute atomic E-state index is 0.344. The molecule has 0 fully saturated rings. The summed E-state index contributed by atoms with van der Waals surface area (Å²) in [5.41, 5.74) is 3.15. The third-order valence-electron chi connectivity index (χ3n) is 4.19. The van der Waals surface area contributed by atoms with Gasteiger partial charge in [0.15, 0.2) is 0 Å². The number of methoxy groups -OCH3 is 1. The summed E-state index contributed by atoms with van der Waals surface area (Å²) >= 11 is 0. The van der Waals surface area contributed by atoms with E-state index in [1.807, 2.05) is 6.07 Å². The third kappa shape index (κ3) is 4.03. The van der Waals surface area contributed by atoms with E-state index in [9.17, 15) is 14.0 Å². The first-order valence-corrected chi connectivity index (χ1v) is 8.05. The fraction of sp³-hybridized carbons (Fsp3) is 0.263. The minimum Gasteiger partial charge on any atom is -0.380 e. The van der Waals surface area contributed by atoms with E-state index in [1.165, 1.54) is 12.1 Å². The monoisotopic (exact) mass is 342 g/mol. The van der Waals surface area contributed by atoms with Crippen molar-refractivity contribution in [3.63, 3.8) is 0 Å². The lowest BCUT2D eigenvalue weighted by atomic mass is 10.1. The predicted octanol–water partition coefficient (Wildman–Crippen LogP) is 2.71. The Bertz CT molecular complexity index is 807. The van der Waals surface area contributed by atoms with Gasteiger partial charge in [-0.15, -0.1) is 0 Å². The van der Waals surface area contributed by atoms with E-state index in [-0.39, 0.29) is 11.9 Å². The number of ether oxygens (including phenoxy) is 1. The number of hydrogen-bond donors (Lipinski definition) is 2. The molecule has 0 bridgehead atoms. The summed E-state index contributed by atoms with van der Waals surface area (Å²) < 4.78 is 18.5. The minimum atomic E-state index is -0.751. The third-order valence-corrected chi connectivity index (χ3v) is 4.19. The molecule has 2 aromatic rings. The van der Waals surface area contributed by atoms with Gasteiger partial charge in [0.2, 0.25) is 0 Å². The van der Waals surface area contributed by atoms with Crippen LogP contribution in [0.4, 0.5) is 10.1 Å². The molecule has 0 aliphatic heterocycles. The number of benzene rings is 2.